The maximum absolute atomic E-state index is 5.55. The van der Waals surface area contributed by atoms with Crippen LogP contribution in [0, 0.1) is 17.8 Å². The van der Waals surface area contributed by atoms with E-state index in [-0.39, 0.29) is 0 Å². The fourth-order valence-electron chi connectivity index (χ4n) is 2.92. The molecule has 1 rings (SSSR count). The van der Waals surface area contributed by atoms with Crippen LogP contribution in [0.3, 0.4) is 0 Å². The van der Waals surface area contributed by atoms with Crippen LogP contribution in [0.4, 0.5) is 0 Å². The van der Waals surface area contributed by atoms with Crippen molar-refractivity contribution in [1.82, 2.24) is 5.32 Å². The average molecular weight is 243 g/mol. The normalized spacial score (nSPS) is 28.9. The van der Waals surface area contributed by atoms with Gasteiger partial charge in [-0.3, -0.25) is 0 Å². The van der Waals surface area contributed by atoms with Gasteiger partial charge >= 0.3 is 0 Å². The van der Waals surface area contributed by atoms with Crippen LogP contribution in [0.1, 0.15) is 33.6 Å². The summed E-state index contributed by atoms with van der Waals surface area (Å²) in [6.45, 7) is 10.6. The number of methoxy groups -OCH3 is 1. The average Bonchev–Trinajstić information content (AvgIpc) is 2.34. The third kappa shape index (κ3) is 4.57. The second kappa shape index (κ2) is 8.06. The summed E-state index contributed by atoms with van der Waals surface area (Å²) < 4.78 is 10.8. The van der Waals surface area contributed by atoms with Crippen molar-refractivity contribution in [3.8, 4) is 0 Å². The van der Waals surface area contributed by atoms with Gasteiger partial charge < -0.3 is 14.8 Å². The van der Waals surface area contributed by atoms with E-state index >= 15 is 0 Å². The Bertz CT molecular complexity index is 199. The highest BCUT2D eigenvalue weighted by Crippen LogP contribution is 2.29. The van der Waals surface area contributed by atoms with Crippen molar-refractivity contribution >= 4 is 0 Å². The van der Waals surface area contributed by atoms with Crippen LogP contribution < -0.4 is 5.32 Å². The van der Waals surface area contributed by atoms with Gasteiger partial charge in [-0.2, -0.15) is 0 Å². The van der Waals surface area contributed by atoms with Gasteiger partial charge in [-0.15, -0.1) is 0 Å². The van der Waals surface area contributed by atoms with Crippen molar-refractivity contribution in [3.63, 3.8) is 0 Å². The lowest BCUT2D eigenvalue weighted by atomic mass is 9.77. The molecule has 0 radical (unpaired) electrons. The number of hydrogen-bond donors (Lipinski definition) is 1. The summed E-state index contributed by atoms with van der Waals surface area (Å²) in [7, 11) is 1.78. The predicted octanol–water partition coefficient (Wildman–Crippen LogP) is 2.31. The van der Waals surface area contributed by atoms with Crippen LogP contribution in [0.5, 0.6) is 0 Å². The van der Waals surface area contributed by atoms with Gasteiger partial charge in [0.05, 0.1) is 0 Å². The molecule has 0 amide bonds. The Morgan fingerprint density at radius 1 is 1.47 bits per heavy atom. The first-order chi connectivity index (χ1) is 8.20. The van der Waals surface area contributed by atoms with Crippen molar-refractivity contribution in [2.45, 2.75) is 39.7 Å². The molecule has 1 heterocycles. The lowest BCUT2D eigenvalue weighted by molar-refractivity contribution is 0.00131. The molecule has 0 aromatic carbocycles. The lowest BCUT2D eigenvalue weighted by Crippen LogP contribution is -2.46. The van der Waals surface area contributed by atoms with Gasteiger partial charge in [0.2, 0.25) is 0 Å². The molecule has 0 bridgehead atoms. The summed E-state index contributed by atoms with van der Waals surface area (Å²) in [6, 6.07) is 0.606. The first-order valence-corrected chi connectivity index (χ1v) is 7.00. The molecule has 0 saturated carbocycles. The molecule has 4 atom stereocenters. The summed E-state index contributed by atoms with van der Waals surface area (Å²) in [4.78, 5) is 0. The van der Waals surface area contributed by atoms with E-state index < -0.39 is 0 Å². The Morgan fingerprint density at radius 2 is 2.24 bits per heavy atom. The molecule has 1 aliphatic heterocycles. The second-order valence-electron chi connectivity index (χ2n) is 5.35. The minimum atomic E-state index is 0.606. The van der Waals surface area contributed by atoms with E-state index in [0.29, 0.717) is 17.9 Å². The maximum atomic E-state index is 5.55. The molecule has 0 spiro atoms. The fourth-order valence-corrected chi connectivity index (χ4v) is 2.92. The van der Waals surface area contributed by atoms with Crippen LogP contribution in [0.2, 0.25) is 0 Å². The van der Waals surface area contributed by atoms with E-state index in [0.717, 1.165) is 38.7 Å². The molecule has 102 valence electrons. The van der Waals surface area contributed by atoms with Gasteiger partial charge in [-0.1, -0.05) is 20.8 Å². The summed E-state index contributed by atoms with van der Waals surface area (Å²) in [6.07, 6.45) is 2.33. The van der Waals surface area contributed by atoms with E-state index in [4.69, 9.17) is 9.47 Å². The SMILES string of the molecule is CCNC(C(C)CCOC)C1CCOCC1C. The molecule has 0 aromatic heterocycles. The van der Waals surface area contributed by atoms with Crippen LogP contribution in [-0.2, 0) is 9.47 Å². The van der Waals surface area contributed by atoms with Crippen molar-refractivity contribution in [1.29, 1.82) is 0 Å². The standard InChI is InChI=1S/C14H29NO2/c1-5-15-14(11(2)6-8-16-4)13-7-9-17-10-12(13)3/h11-15H,5-10H2,1-4H3. The molecule has 4 unspecified atom stereocenters. The minimum Gasteiger partial charge on any atom is -0.385 e. The molecule has 3 nitrogen and oxygen atoms in total. The van der Waals surface area contributed by atoms with Gasteiger partial charge in [0.25, 0.3) is 0 Å². The van der Waals surface area contributed by atoms with Crippen molar-refractivity contribution in [2.24, 2.45) is 17.8 Å². The van der Waals surface area contributed by atoms with Crippen LogP contribution >= 0.6 is 0 Å². The molecular formula is C14H29NO2. The van der Waals surface area contributed by atoms with E-state index in [1.807, 2.05) is 0 Å². The Kier molecular flexibility index (Phi) is 7.09. The fraction of sp³-hybridized carbons (Fsp3) is 1.00. The molecule has 1 aliphatic rings. The molecule has 1 saturated heterocycles. The molecule has 17 heavy (non-hydrogen) atoms. The van der Waals surface area contributed by atoms with Gasteiger partial charge in [0, 0.05) is 33.0 Å². The third-order valence-corrected chi connectivity index (χ3v) is 4.00. The molecule has 1 N–H and O–H groups in total. The summed E-state index contributed by atoms with van der Waals surface area (Å²) >= 11 is 0. The molecular weight excluding hydrogens is 214 g/mol. The third-order valence-electron chi connectivity index (χ3n) is 4.00. The Hall–Kier alpha value is -0.120. The van der Waals surface area contributed by atoms with Crippen LogP contribution in [0.15, 0.2) is 0 Å². The summed E-state index contributed by atoms with van der Waals surface area (Å²) in [5.41, 5.74) is 0. The molecule has 0 aliphatic carbocycles. The highest BCUT2D eigenvalue weighted by atomic mass is 16.5. The second-order valence-corrected chi connectivity index (χ2v) is 5.35. The Morgan fingerprint density at radius 3 is 2.82 bits per heavy atom. The quantitative estimate of drug-likeness (QED) is 0.744. The smallest absolute Gasteiger partial charge is 0.0494 e. The predicted molar refractivity (Wildman–Crippen MR) is 71.2 cm³/mol. The van der Waals surface area contributed by atoms with E-state index in [1.165, 1.54) is 6.42 Å². The molecule has 3 heteroatoms. The zero-order valence-electron chi connectivity index (χ0n) is 11.9. The minimum absolute atomic E-state index is 0.606. The lowest BCUT2D eigenvalue weighted by Gasteiger charge is -2.39. The van der Waals surface area contributed by atoms with Gasteiger partial charge in [-0.05, 0) is 37.1 Å². The van der Waals surface area contributed by atoms with Gasteiger partial charge in [0.1, 0.15) is 0 Å². The summed E-state index contributed by atoms with van der Waals surface area (Å²) in [5, 5.41) is 3.68. The molecule has 1 fully saturated rings. The van der Waals surface area contributed by atoms with Gasteiger partial charge in [-0.25, -0.2) is 0 Å². The monoisotopic (exact) mass is 243 g/mol. The zero-order chi connectivity index (χ0) is 12.7. The van der Waals surface area contributed by atoms with Crippen molar-refractivity contribution in [2.75, 3.05) is 33.5 Å². The Balaban J connectivity index is 2.55. The first kappa shape index (κ1) is 14.9. The Labute approximate surface area is 106 Å². The van der Waals surface area contributed by atoms with Crippen molar-refractivity contribution < 1.29 is 9.47 Å². The first-order valence-electron chi connectivity index (χ1n) is 7.00. The number of nitrogens with one attached hydrogen (secondary N) is 1. The number of ether oxygens (including phenoxy) is 2. The number of hydrogen-bond acceptors (Lipinski definition) is 3. The van der Waals surface area contributed by atoms with E-state index in [1.54, 1.807) is 7.11 Å². The van der Waals surface area contributed by atoms with Gasteiger partial charge in [0.15, 0.2) is 0 Å². The van der Waals surface area contributed by atoms with E-state index in [9.17, 15) is 0 Å². The highest BCUT2D eigenvalue weighted by molar-refractivity contribution is 4.85. The maximum Gasteiger partial charge on any atom is 0.0494 e. The van der Waals surface area contributed by atoms with Crippen LogP contribution in [-0.4, -0.2) is 39.5 Å². The molecule has 0 aromatic rings. The largest absolute Gasteiger partial charge is 0.385 e. The zero-order valence-corrected chi connectivity index (χ0v) is 11.9. The topological polar surface area (TPSA) is 30.5 Å². The number of rotatable bonds is 7. The van der Waals surface area contributed by atoms with Crippen LogP contribution in [0.25, 0.3) is 0 Å². The highest BCUT2D eigenvalue weighted by Gasteiger charge is 2.32. The summed E-state index contributed by atoms with van der Waals surface area (Å²) in [5.74, 6) is 2.08. The van der Waals surface area contributed by atoms with E-state index in [2.05, 4.69) is 26.1 Å². The van der Waals surface area contributed by atoms with Crippen molar-refractivity contribution in [3.05, 3.63) is 0 Å².